The Morgan fingerprint density at radius 3 is 2.41 bits per heavy atom. The van der Waals surface area contributed by atoms with Gasteiger partial charge in [-0.05, 0) is 30.5 Å². The zero-order chi connectivity index (χ0) is 20.1. The third-order valence-electron chi connectivity index (χ3n) is 6.01. The minimum absolute atomic E-state index is 0.0205. The molecular weight excluding hydrogens is 366 g/mol. The second kappa shape index (κ2) is 6.62. The Hall–Kier alpha value is -3.34. The van der Waals surface area contributed by atoms with Crippen LogP contribution in [0.1, 0.15) is 46.7 Å². The van der Waals surface area contributed by atoms with Crippen molar-refractivity contribution in [3.63, 3.8) is 0 Å². The first-order valence-corrected chi connectivity index (χ1v) is 9.77. The summed E-state index contributed by atoms with van der Waals surface area (Å²) in [6, 6.07) is 13.3. The molecule has 0 spiro atoms. The third kappa shape index (κ3) is 2.54. The van der Waals surface area contributed by atoms with E-state index in [0.29, 0.717) is 34.6 Å². The van der Waals surface area contributed by atoms with Crippen molar-refractivity contribution in [2.45, 2.75) is 25.2 Å². The van der Waals surface area contributed by atoms with Gasteiger partial charge in [0, 0.05) is 40.3 Å². The largest absolute Gasteiger partial charge is 0.493 e. The summed E-state index contributed by atoms with van der Waals surface area (Å²) >= 11 is 0. The molecule has 146 valence electrons. The maximum Gasteiger partial charge on any atom is 0.192 e. The number of fused-ring (bicyclic) bond motifs is 2. The van der Waals surface area contributed by atoms with E-state index in [4.69, 9.17) is 9.47 Å². The van der Waals surface area contributed by atoms with Crippen LogP contribution in [0.3, 0.4) is 0 Å². The van der Waals surface area contributed by atoms with Gasteiger partial charge in [-0.3, -0.25) is 9.59 Å². The minimum atomic E-state index is -0.409. The van der Waals surface area contributed by atoms with E-state index < -0.39 is 5.92 Å². The van der Waals surface area contributed by atoms with Crippen LogP contribution in [0.15, 0.2) is 59.3 Å². The molecular formula is C24H21NO4. The number of benzene rings is 2. The van der Waals surface area contributed by atoms with Gasteiger partial charge in [0.1, 0.15) is 0 Å². The molecule has 1 atom stereocenters. The Morgan fingerprint density at radius 1 is 0.897 bits per heavy atom. The van der Waals surface area contributed by atoms with Gasteiger partial charge in [-0.1, -0.05) is 30.3 Å². The highest BCUT2D eigenvalue weighted by molar-refractivity contribution is 6.23. The predicted octanol–water partition coefficient (Wildman–Crippen LogP) is 4.01. The summed E-state index contributed by atoms with van der Waals surface area (Å²) in [5, 5.41) is 3.45. The van der Waals surface area contributed by atoms with Gasteiger partial charge in [-0.2, -0.15) is 0 Å². The van der Waals surface area contributed by atoms with Crippen molar-refractivity contribution in [2.24, 2.45) is 0 Å². The average molecular weight is 387 g/mol. The van der Waals surface area contributed by atoms with Crippen LogP contribution in [-0.4, -0.2) is 25.8 Å². The number of nitrogens with one attached hydrogen (secondary N) is 1. The quantitative estimate of drug-likeness (QED) is 0.862. The fourth-order valence-electron chi connectivity index (χ4n) is 4.70. The lowest BCUT2D eigenvalue weighted by Gasteiger charge is -2.33. The number of carbonyl (C=O) groups excluding carboxylic acids is 2. The predicted molar refractivity (Wildman–Crippen MR) is 109 cm³/mol. The number of carbonyl (C=O) groups is 2. The van der Waals surface area contributed by atoms with Crippen LogP contribution in [0, 0.1) is 0 Å². The Kier molecular flexibility index (Phi) is 4.05. The molecule has 0 saturated carbocycles. The van der Waals surface area contributed by atoms with Crippen molar-refractivity contribution in [3.05, 3.63) is 76.0 Å². The summed E-state index contributed by atoms with van der Waals surface area (Å²) in [5.41, 5.74) is 5.57. The fourth-order valence-corrected chi connectivity index (χ4v) is 4.70. The molecule has 2 aliphatic carbocycles. The second-order valence-electron chi connectivity index (χ2n) is 7.50. The van der Waals surface area contributed by atoms with E-state index >= 15 is 0 Å². The molecule has 0 unspecified atom stereocenters. The smallest absolute Gasteiger partial charge is 0.192 e. The average Bonchev–Trinajstić information content (AvgIpc) is 3.04. The highest BCUT2D eigenvalue weighted by atomic mass is 16.5. The summed E-state index contributed by atoms with van der Waals surface area (Å²) in [6.45, 7) is 0. The molecule has 1 aliphatic heterocycles. The van der Waals surface area contributed by atoms with E-state index in [9.17, 15) is 9.59 Å². The van der Waals surface area contributed by atoms with Crippen LogP contribution in [0.4, 0.5) is 0 Å². The lowest BCUT2D eigenvalue weighted by molar-refractivity contribution is -0.116. The molecule has 5 nitrogen and oxygen atoms in total. The Bertz CT molecular complexity index is 1130. The van der Waals surface area contributed by atoms with Gasteiger partial charge in [0.05, 0.1) is 19.9 Å². The number of Topliss-reactive ketones (excluding diaryl/α,β-unsaturated/α-hetero) is 2. The van der Waals surface area contributed by atoms with E-state index in [1.54, 1.807) is 14.2 Å². The highest BCUT2D eigenvalue weighted by Gasteiger charge is 2.43. The normalized spacial score (nSPS) is 20.1. The Balaban J connectivity index is 1.74. The summed E-state index contributed by atoms with van der Waals surface area (Å²) in [6.07, 6.45) is 2.13. The van der Waals surface area contributed by atoms with Crippen molar-refractivity contribution < 1.29 is 19.1 Å². The summed E-state index contributed by atoms with van der Waals surface area (Å²) in [7, 11) is 3.17. The van der Waals surface area contributed by atoms with Gasteiger partial charge in [0.2, 0.25) is 0 Å². The zero-order valence-corrected chi connectivity index (χ0v) is 16.4. The topological polar surface area (TPSA) is 64.6 Å². The van der Waals surface area contributed by atoms with Crippen molar-refractivity contribution in [1.82, 2.24) is 5.32 Å². The van der Waals surface area contributed by atoms with Gasteiger partial charge in [-0.25, -0.2) is 0 Å². The number of rotatable bonds is 3. The standard InChI is InChI=1S/C24H21NO4/c1-28-18-11-10-13(12-19(18)29-2)20-21-16(8-5-9-17(21)26)25-23-14-6-3-4-7-15(14)24(27)22(20)23/h3-4,6-7,10-12,20,25H,5,8-9H2,1-2H3/t20-/m1/s1. The molecule has 29 heavy (non-hydrogen) atoms. The number of hydrogen-bond acceptors (Lipinski definition) is 5. The van der Waals surface area contributed by atoms with Crippen LogP contribution in [-0.2, 0) is 4.79 Å². The van der Waals surface area contributed by atoms with Gasteiger partial charge >= 0.3 is 0 Å². The van der Waals surface area contributed by atoms with E-state index in [1.165, 1.54) is 0 Å². The SMILES string of the molecule is COc1ccc([C@@H]2C3=C(CCCC3=O)NC3=C2C(=O)c2ccccc23)cc1OC. The monoisotopic (exact) mass is 387 g/mol. The molecule has 0 fully saturated rings. The first kappa shape index (κ1) is 17.7. The molecule has 2 aromatic rings. The first-order valence-electron chi connectivity index (χ1n) is 9.77. The summed E-state index contributed by atoms with van der Waals surface area (Å²) in [4.78, 5) is 26.4. The molecule has 5 rings (SSSR count). The van der Waals surface area contributed by atoms with Crippen molar-refractivity contribution >= 4 is 17.3 Å². The van der Waals surface area contributed by atoms with Gasteiger partial charge in [-0.15, -0.1) is 0 Å². The molecule has 5 heteroatoms. The van der Waals surface area contributed by atoms with Crippen molar-refractivity contribution in [3.8, 4) is 11.5 Å². The second-order valence-corrected chi connectivity index (χ2v) is 7.50. The summed E-state index contributed by atoms with van der Waals surface area (Å²) < 4.78 is 10.9. The molecule has 1 heterocycles. The molecule has 0 radical (unpaired) electrons. The number of ketones is 2. The molecule has 1 N–H and O–H groups in total. The van der Waals surface area contributed by atoms with Crippen LogP contribution in [0.2, 0.25) is 0 Å². The maximum absolute atomic E-state index is 13.4. The number of ether oxygens (including phenoxy) is 2. The Morgan fingerprint density at radius 2 is 1.66 bits per heavy atom. The van der Waals surface area contributed by atoms with Gasteiger partial charge in [0.15, 0.2) is 23.1 Å². The van der Waals surface area contributed by atoms with E-state index in [0.717, 1.165) is 35.4 Å². The molecule has 0 bridgehead atoms. The van der Waals surface area contributed by atoms with Crippen LogP contribution >= 0.6 is 0 Å². The number of methoxy groups -OCH3 is 2. The van der Waals surface area contributed by atoms with E-state index in [-0.39, 0.29) is 11.6 Å². The first-order chi connectivity index (χ1) is 14.1. The van der Waals surface area contributed by atoms with E-state index in [2.05, 4.69) is 5.32 Å². The van der Waals surface area contributed by atoms with Crippen LogP contribution in [0.5, 0.6) is 11.5 Å². The van der Waals surface area contributed by atoms with Crippen molar-refractivity contribution in [2.75, 3.05) is 14.2 Å². The van der Waals surface area contributed by atoms with Gasteiger partial charge in [0.25, 0.3) is 0 Å². The number of dihydropyridines is 1. The third-order valence-corrected chi connectivity index (χ3v) is 6.01. The lowest BCUT2D eigenvalue weighted by Crippen LogP contribution is -2.31. The summed E-state index contributed by atoms with van der Waals surface area (Å²) in [5.74, 6) is 0.874. The van der Waals surface area contributed by atoms with Crippen molar-refractivity contribution in [1.29, 1.82) is 0 Å². The van der Waals surface area contributed by atoms with E-state index in [1.807, 2.05) is 42.5 Å². The number of allylic oxidation sites excluding steroid dienone is 3. The maximum atomic E-state index is 13.4. The lowest BCUT2D eigenvalue weighted by atomic mass is 9.75. The Labute approximate surface area is 169 Å². The van der Waals surface area contributed by atoms with Gasteiger partial charge < -0.3 is 14.8 Å². The zero-order valence-electron chi connectivity index (χ0n) is 16.4. The van der Waals surface area contributed by atoms with Crippen LogP contribution < -0.4 is 14.8 Å². The molecule has 2 aromatic carbocycles. The minimum Gasteiger partial charge on any atom is -0.493 e. The fraction of sp³-hybridized carbons (Fsp3) is 0.250. The molecule has 0 aromatic heterocycles. The number of hydrogen-bond donors (Lipinski definition) is 1. The molecule has 0 saturated heterocycles. The molecule has 3 aliphatic rings. The molecule has 0 amide bonds. The van der Waals surface area contributed by atoms with Crippen LogP contribution in [0.25, 0.3) is 5.70 Å². The highest BCUT2D eigenvalue weighted by Crippen LogP contribution is 2.49.